The first-order chi connectivity index (χ1) is 10.1. The maximum Gasteiger partial charge on any atom is 0.241 e. The maximum atomic E-state index is 12.4. The second kappa shape index (κ2) is 6.06. The van der Waals surface area contributed by atoms with Crippen LogP contribution in [-0.4, -0.2) is 12.5 Å². The van der Waals surface area contributed by atoms with Crippen LogP contribution in [0.25, 0.3) is 0 Å². The number of anilines is 1. The molecule has 1 heterocycles. The number of para-hydroxylation sites is 1. The summed E-state index contributed by atoms with van der Waals surface area (Å²) in [7, 11) is 0. The summed E-state index contributed by atoms with van der Waals surface area (Å²) < 4.78 is 0. The van der Waals surface area contributed by atoms with Crippen LogP contribution in [0.15, 0.2) is 42.5 Å². The molecule has 1 amide bonds. The average Bonchev–Trinajstić information content (AvgIpc) is 2.63. The standard InChI is InChI=1S/C16H14Cl2N2O/c17-13-5-6-14(18)12(7-13)10-20-15-4-2-1-3-11(15)8-19-9-16(20)21/h1-7,19H,8-10H2. The Labute approximate surface area is 133 Å². The van der Waals surface area contributed by atoms with Crippen molar-refractivity contribution in [3.8, 4) is 0 Å². The highest BCUT2D eigenvalue weighted by Crippen LogP contribution is 2.28. The number of carbonyl (C=O) groups excluding carboxylic acids is 1. The normalized spacial score (nSPS) is 14.8. The lowest BCUT2D eigenvalue weighted by atomic mass is 10.1. The van der Waals surface area contributed by atoms with Gasteiger partial charge in [-0.05, 0) is 35.4 Å². The number of hydrogen-bond acceptors (Lipinski definition) is 2. The van der Waals surface area contributed by atoms with Gasteiger partial charge in [-0.3, -0.25) is 4.79 Å². The van der Waals surface area contributed by atoms with Gasteiger partial charge in [-0.25, -0.2) is 0 Å². The number of nitrogens with one attached hydrogen (secondary N) is 1. The van der Waals surface area contributed by atoms with Gasteiger partial charge in [-0.1, -0.05) is 41.4 Å². The monoisotopic (exact) mass is 320 g/mol. The third kappa shape index (κ3) is 3.05. The molecule has 3 rings (SSSR count). The Morgan fingerprint density at radius 1 is 1.10 bits per heavy atom. The molecule has 5 heteroatoms. The second-order valence-electron chi connectivity index (χ2n) is 4.95. The molecule has 1 aliphatic rings. The summed E-state index contributed by atoms with van der Waals surface area (Å²) in [5.74, 6) is 0.0241. The smallest absolute Gasteiger partial charge is 0.241 e. The summed E-state index contributed by atoms with van der Waals surface area (Å²) >= 11 is 12.2. The van der Waals surface area contributed by atoms with Crippen molar-refractivity contribution in [3.63, 3.8) is 0 Å². The van der Waals surface area contributed by atoms with Crippen molar-refractivity contribution >= 4 is 34.8 Å². The molecule has 0 aromatic heterocycles. The summed E-state index contributed by atoms with van der Waals surface area (Å²) in [6.45, 7) is 1.41. The summed E-state index contributed by atoms with van der Waals surface area (Å²) in [5, 5.41) is 4.37. The third-order valence-electron chi connectivity index (χ3n) is 3.51. The van der Waals surface area contributed by atoms with Gasteiger partial charge in [0, 0.05) is 22.3 Å². The van der Waals surface area contributed by atoms with Crippen LogP contribution in [0.2, 0.25) is 10.0 Å². The van der Waals surface area contributed by atoms with E-state index in [1.54, 1.807) is 23.1 Å². The Balaban J connectivity index is 2.00. The van der Waals surface area contributed by atoms with E-state index in [9.17, 15) is 4.79 Å². The van der Waals surface area contributed by atoms with Crippen molar-refractivity contribution in [1.82, 2.24) is 5.32 Å². The van der Waals surface area contributed by atoms with Gasteiger partial charge in [0.15, 0.2) is 0 Å². The SMILES string of the molecule is O=C1CNCc2ccccc2N1Cc1cc(Cl)ccc1Cl. The fraction of sp³-hybridized carbons (Fsp3) is 0.188. The predicted molar refractivity (Wildman–Crippen MR) is 85.8 cm³/mol. The highest BCUT2D eigenvalue weighted by molar-refractivity contribution is 6.33. The fourth-order valence-electron chi connectivity index (χ4n) is 2.47. The molecule has 1 N–H and O–H groups in total. The van der Waals surface area contributed by atoms with E-state index in [1.807, 2.05) is 24.3 Å². The lowest BCUT2D eigenvalue weighted by Gasteiger charge is -2.23. The van der Waals surface area contributed by atoms with Crippen molar-refractivity contribution in [2.45, 2.75) is 13.1 Å². The Kier molecular flexibility index (Phi) is 4.15. The van der Waals surface area contributed by atoms with Gasteiger partial charge in [0.2, 0.25) is 5.91 Å². The number of rotatable bonds is 2. The molecule has 0 radical (unpaired) electrons. The molecular formula is C16H14Cl2N2O. The van der Waals surface area contributed by atoms with Gasteiger partial charge in [0.25, 0.3) is 0 Å². The molecule has 0 saturated heterocycles. The minimum absolute atomic E-state index is 0.0241. The van der Waals surface area contributed by atoms with E-state index in [0.29, 0.717) is 29.7 Å². The highest BCUT2D eigenvalue weighted by Gasteiger charge is 2.22. The Morgan fingerprint density at radius 3 is 2.76 bits per heavy atom. The molecule has 0 saturated carbocycles. The molecule has 0 spiro atoms. The number of amides is 1. The lowest BCUT2D eigenvalue weighted by Crippen LogP contribution is -2.35. The molecule has 2 aromatic carbocycles. The second-order valence-corrected chi connectivity index (χ2v) is 5.79. The molecule has 0 unspecified atom stereocenters. The van der Waals surface area contributed by atoms with Crippen molar-refractivity contribution in [2.75, 3.05) is 11.4 Å². The molecule has 0 aliphatic carbocycles. The number of benzene rings is 2. The molecule has 0 fully saturated rings. The van der Waals surface area contributed by atoms with Crippen molar-refractivity contribution < 1.29 is 4.79 Å². The zero-order valence-corrected chi connectivity index (χ0v) is 12.8. The first-order valence-electron chi connectivity index (χ1n) is 6.68. The topological polar surface area (TPSA) is 32.3 Å². The molecule has 21 heavy (non-hydrogen) atoms. The minimum atomic E-state index is 0.0241. The van der Waals surface area contributed by atoms with Crippen LogP contribution in [0, 0.1) is 0 Å². The lowest BCUT2D eigenvalue weighted by molar-refractivity contribution is -0.117. The molecule has 1 aliphatic heterocycles. The number of nitrogens with zero attached hydrogens (tertiary/aromatic N) is 1. The van der Waals surface area contributed by atoms with E-state index < -0.39 is 0 Å². The predicted octanol–water partition coefficient (Wildman–Crippen LogP) is 3.63. The van der Waals surface area contributed by atoms with Crippen LogP contribution in [0.5, 0.6) is 0 Å². The highest BCUT2D eigenvalue weighted by atomic mass is 35.5. The van der Waals surface area contributed by atoms with Gasteiger partial charge in [-0.15, -0.1) is 0 Å². The number of hydrogen-bond donors (Lipinski definition) is 1. The summed E-state index contributed by atoms with van der Waals surface area (Å²) in [6.07, 6.45) is 0. The van der Waals surface area contributed by atoms with Gasteiger partial charge in [0.1, 0.15) is 0 Å². The van der Waals surface area contributed by atoms with Crippen LogP contribution in [-0.2, 0) is 17.9 Å². The van der Waals surface area contributed by atoms with Crippen molar-refractivity contribution in [1.29, 1.82) is 0 Å². The van der Waals surface area contributed by atoms with Crippen LogP contribution < -0.4 is 10.2 Å². The zero-order chi connectivity index (χ0) is 14.8. The van der Waals surface area contributed by atoms with E-state index in [-0.39, 0.29) is 5.91 Å². The van der Waals surface area contributed by atoms with Gasteiger partial charge >= 0.3 is 0 Å². The Morgan fingerprint density at radius 2 is 1.90 bits per heavy atom. The minimum Gasteiger partial charge on any atom is -0.307 e. The van der Waals surface area contributed by atoms with Crippen LogP contribution in [0.3, 0.4) is 0 Å². The van der Waals surface area contributed by atoms with E-state index in [4.69, 9.17) is 23.2 Å². The molecule has 3 nitrogen and oxygen atoms in total. The van der Waals surface area contributed by atoms with Crippen LogP contribution in [0.4, 0.5) is 5.69 Å². The number of carbonyl (C=O) groups is 1. The van der Waals surface area contributed by atoms with E-state index in [1.165, 1.54) is 0 Å². The van der Waals surface area contributed by atoms with Crippen LogP contribution in [0.1, 0.15) is 11.1 Å². The number of fused-ring (bicyclic) bond motifs is 1. The Bertz CT molecular complexity index is 688. The van der Waals surface area contributed by atoms with E-state index >= 15 is 0 Å². The number of halogens is 2. The molecule has 0 bridgehead atoms. The van der Waals surface area contributed by atoms with E-state index in [0.717, 1.165) is 16.8 Å². The third-order valence-corrected chi connectivity index (χ3v) is 4.12. The molecule has 0 atom stereocenters. The van der Waals surface area contributed by atoms with Crippen molar-refractivity contribution in [3.05, 3.63) is 63.6 Å². The summed E-state index contributed by atoms with van der Waals surface area (Å²) in [6, 6.07) is 13.2. The first kappa shape index (κ1) is 14.4. The quantitative estimate of drug-likeness (QED) is 0.916. The fourth-order valence-corrected chi connectivity index (χ4v) is 2.84. The average molecular weight is 321 g/mol. The summed E-state index contributed by atoms with van der Waals surface area (Å²) in [5.41, 5.74) is 2.86. The summed E-state index contributed by atoms with van der Waals surface area (Å²) in [4.78, 5) is 14.1. The largest absolute Gasteiger partial charge is 0.307 e. The molecule has 2 aromatic rings. The maximum absolute atomic E-state index is 12.4. The molecular weight excluding hydrogens is 307 g/mol. The zero-order valence-electron chi connectivity index (χ0n) is 11.3. The van der Waals surface area contributed by atoms with Gasteiger partial charge in [0.05, 0.1) is 13.1 Å². The van der Waals surface area contributed by atoms with Crippen LogP contribution >= 0.6 is 23.2 Å². The van der Waals surface area contributed by atoms with Crippen molar-refractivity contribution in [2.24, 2.45) is 0 Å². The Hall–Kier alpha value is -1.55. The first-order valence-corrected chi connectivity index (χ1v) is 7.43. The molecule has 108 valence electrons. The van der Waals surface area contributed by atoms with Gasteiger partial charge in [-0.2, -0.15) is 0 Å². The van der Waals surface area contributed by atoms with E-state index in [2.05, 4.69) is 5.32 Å². The van der Waals surface area contributed by atoms with Gasteiger partial charge < -0.3 is 10.2 Å².